The molecule has 0 aliphatic rings. The number of methoxy groups -OCH3 is 1. The predicted octanol–water partition coefficient (Wildman–Crippen LogP) is 3.17. The van der Waals surface area contributed by atoms with E-state index in [1.807, 2.05) is 0 Å². The highest BCUT2D eigenvalue weighted by Gasteiger charge is 2.34. The Bertz CT molecular complexity index is 1180. The quantitative estimate of drug-likeness (QED) is 0.564. The Balaban J connectivity index is 2.37. The lowest BCUT2D eigenvalue weighted by Gasteiger charge is -2.32. The highest BCUT2D eigenvalue weighted by Crippen LogP contribution is 2.35. The van der Waals surface area contributed by atoms with Gasteiger partial charge in [0.2, 0.25) is 15.9 Å². The summed E-state index contributed by atoms with van der Waals surface area (Å²) in [5.74, 6) is -0.255. The first kappa shape index (κ1) is 26.0. The van der Waals surface area contributed by atoms with Crippen molar-refractivity contribution in [2.75, 3.05) is 23.9 Å². The standard InChI is InChI=1S/C21H27ClN2O6S2/c1-6-18(24(32(5,28)29)19-13-16(22)9-12-20(19)30-3)21(25)23-14(2)15-7-10-17(11-8-15)31(4,26)27/h7-14,18H,6H2,1-5H3,(H,23,25)/t14-,18-/m1/s1. The second-order valence-electron chi connectivity index (χ2n) is 7.37. The molecule has 2 atom stereocenters. The second-order valence-corrected chi connectivity index (χ2v) is 11.7. The summed E-state index contributed by atoms with van der Waals surface area (Å²) in [7, 11) is -5.82. The molecule has 32 heavy (non-hydrogen) atoms. The highest BCUT2D eigenvalue weighted by molar-refractivity contribution is 7.92. The fourth-order valence-electron chi connectivity index (χ4n) is 3.27. The number of rotatable bonds is 9. The highest BCUT2D eigenvalue weighted by atomic mass is 35.5. The summed E-state index contributed by atoms with van der Waals surface area (Å²) >= 11 is 6.08. The molecule has 0 aliphatic carbocycles. The lowest BCUT2D eigenvalue weighted by molar-refractivity contribution is -0.122. The minimum absolute atomic E-state index is 0.162. The van der Waals surface area contributed by atoms with E-state index >= 15 is 0 Å². The maximum Gasteiger partial charge on any atom is 0.244 e. The summed E-state index contributed by atoms with van der Waals surface area (Å²) in [4.78, 5) is 13.3. The number of nitrogens with zero attached hydrogens (tertiary/aromatic N) is 1. The van der Waals surface area contributed by atoms with Gasteiger partial charge in [0.05, 0.1) is 30.0 Å². The molecule has 2 aromatic rings. The largest absolute Gasteiger partial charge is 0.495 e. The van der Waals surface area contributed by atoms with Gasteiger partial charge in [0.15, 0.2) is 9.84 Å². The van der Waals surface area contributed by atoms with E-state index in [4.69, 9.17) is 16.3 Å². The Hall–Kier alpha value is -2.30. The molecule has 2 aromatic carbocycles. The zero-order valence-electron chi connectivity index (χ0n) is 18.5. The molecule has 0 bridgehead atoms. The van der Waals surface area contributed by atoms with Crippen LogP contribution >= 0.6 is 11.6 Å². The predicted molar refractivity (Wildman–Crippen MR) is 126 cm³/mol. The summed E-state index contributed by atoms with van der Waals surface area (Å²) in [6.45, 7) is 3.43. The fourth-order valence-corrected chi connectivity index (χ4v) is 5.27. The van der Waals surface area contributed by atoms with Crippen LogP contribution in [0.5, 0.6) is 5.75 Å². The number of hydrogen-bond donors (Lipinski definition) is 1. The van der Waals surface area contributed by atoms with Crippen molar-refractivity contribution >= 4 is 43.1 Å². The van der Waals surface area contributed by atoms with Crippen molar-refractivity contribution in [3.8, 4) is 5.75 Å². The van der Waals surface area contributed by atoms with Gasteiger partial charge in [-0.05, 0) is 49.2 Å². The van der Waals surface area contributed by atoms with E-state index in [1.165, 1.54) is 31.4 Å². The van der Waals surface area contributed by atoms with Gasteiger partial charge in [0, 0.05) is 11.3 Å². The summed E-state index contributed by atoms with van der Waals surface area (Å²) in [5, 5.41) is 3.11. The number of hydrogen-bond acceptors (Lipinski definition) is 6. The number of carbonyl (C=O) groups is 1. The van der Waals surface area contributed by atoms with Crippen molar-refractivity contribution in [1.82, 2.24) is 5.32 Å². The van der Waals surface area contributed by atoms with Crippen molar-refractivity contribution in [2.24, 2.45) is 0 Å². The molecule has 11 heteroatoms. The average molecular weight is 503 g/mol. The number of anilines is 1. The first-order chi connectivity index (χ1) is 14.8. The van der Waals surface area contributed by atoms with Crippen LogP contribution in [0, 0.1) is 0 Å². The lowest BCUT2D eigenvalue weighted by atomic mass is 10.1. The molecule has 0 unspecified atom stereocenters. The third-order valence-electron chi connectivity index (χ3n) is 4.88. The minimum atomic E-state index is -3.88. The Kier molecular flexibility index (Phi) is 8.19. The van der Waals surface area contributed by atoms with Gasteiger partial charge in [-0.25, -0.2) is 16.8 Å². The Morgan fingerprint density at radius 1 is 1.09 bits per heavy atom. The maximum absolute atomic E-state index is 13.1. The number of halogens is 1. The van der Waals surface area contributed by atoms with E-state index in [9.17, 15) is 21.6 Å². The van der Waals surface area contributed by atoms with Crippen LogP contribution in [0.4, 0.5) is 5.69 Å². The molecular formula is C21H27ClN2O6S2. The van der Waals surface area contributed by atoms with Crippen LogP contribution in [-0.4, -0.2) is 48.4 Å². The zero-order valence-corrected chi connectivity index (χ0v) is 20.9. The maximum atomic E-state index is 13.1. The minimum Gasteiger partial charge on any atom is -0.495 e. The molecule has 0 aliphatic heterocycles. The van der Waals surface area contributed by atoms with Crippen LogP contribution in [0.25, 0.3) is 0 Å². The Morgan fingerprint density at radius 2 is 1.69 bits per heavy atom. The van der Waals surface area contributed by atoms with Crippen molar-refractivity contribution in [2.45, 2.75) is 37.2 Å². The van der Waals surface area contributed by atoms with E-state index in [-0.39, 0.29) is 22.8 Å². The molecule has 2 rings (SSSR count). The van der Waals surface area contributed by atoms with E-state index < -0.39 is 37.9 Å². The average Bonchev–Trinajstić information content (AvgIpc) is 2.70. The lowest BCUT2D eigenvalue weighted by Crippen LogP contribution is -2.49. The monoisotopic (exact) mass is 502 g/mol. The van der Waals surface area contributed by atoms with Gasteiger partial charge in [-0.3, -0.25) is 9.10 Å². The summed E-state index contributed by atoms with van der Waals surface area (Å²) < 4.78 is 55.0. The molecule has 0 fully saturated rings. The molecular weight excluding hydrogens is 476 g/mol. The molecule has 1 N–H and O–H groups in total. The van der Waals surface area contributed by atoms with Crippen LogP contribution in [0.1, 0.15) is 31.9 Å². The van der Waals surface area contributed by atoms with Crippen LogP contribution in [-0.2, 0) is 24.7 Å². The van der Waals surface area contributed by atoms with Gasteiger partial charge in [0.25, 0.3) is 0 Å². The van der Waals surface area contributed by atoms with Gasteiger partial charge < -0.3 is 10.1 Å². The third kappa shape index (κ3) is 6.14. The van der Waals surface area contributed by atoms with Crippen LogP contribution in [0.3, 0.4) is 0 Å². The summed E-state index contributed by atoms with van der Waals surface area (Å²) in [5.41, 5.74) is 0.835. The smallest absolute Gasteiger partial charge is 0.244 e. The fraction of sp³-hybridized carbons (Fsp3) is 0.381. The molecule has 0 saturated heterocycles. The number of sulfonamides is 1. The van der Waals surface area contributed by atoms with Crippen molar-refractivity contribution in [1.29, 1.82) is 0 Å². The number of carbonyl (C=O) groups excluding carboxylic acids is 1. The van der Waals surface area contributed by atoms with E-state index in [2.05, 4.69) is 5.32 Å². The molecule has 0 heterocycles. The SMILES string of the molecule is CC[C@H](C(=O)N[C@H](C)c1ccc(S(C)(=O)=O)cc1)N(c1cc(Cl)ccc1OC)S(C)(=O)=O. The van der Waals surface area contributed by atoms with E-state index in [0.717, 1.165) is 16.8 Å². The van der Waals surface area contributed by atoms with Crippen LogP contribution in [0.15, 0.2) is 47.4 Å². The summed E-state index contributed by atoms with van der Waals surface area (Å²) in [6.07, 6.45) is 2.31. The molecule has 1 amide bonds. The van der Waals surface area contributed by atoms with Gasteiger partial charge >= 0.3 is 0 Å². The van der Waals surface area contributed by atoms with E-state index in [1.54, 1.807) is 32.0 Å². The number of sulfone groups is 1. The molecule has 0 saturated carbocycles. The topological polar surface area (TPSA) is 110 Å². The molecule has 0 aromatic heterocycles. The first-order valence-electron chi connectivity index (χ1n) is 9.73. The van der Waals surface area contributed by atoms with Crippen molar-refractivity contribution in [3.05, 3.63) is 53.1 Å². The number of amides is 1. The van der Waals surface area contributed by atoms with E-state index in [0.29, 0.717) is 10.6 Å². The van der Waals surface area contributed by atoms with Gasteiger partial charge in [0.1, 0.15) is 11.8 Å². The first-order valence-corrected chi connectivity index (χ1v) is 13.8. The summed E-state index contributed by atoms with van der Waals surface area (Å²) in [6, 6.07) is 9.12. The van der Waals surface area contributed by atoms with Crippen LogP contribution in [0.2, 0.25) is 5.02 Å². The zero-order chi connectivity index (χ0) is 24.3. The number of benzene rings is 2. The normalized spacial score (nSPS) is 13.8. The molecule has 8 nitrogen and oxygen atoms in total. The van der Waals surface area contributed by atoms with Gasteiger partial charge in [-0.2, -0.15) is 0 Å². The molecule has 0 spiro atoms. The molecule has 0 radical (unpaired) electrons. The van der Waals surface area contributed by atoms with Crippen molar-refractivity contribution in [3.63, 3.8) is 0 Å². The Labute approximate surface area is 194 Å². The third-order valence-corrected chi connectivity index (χ3v) is 7.40. The van der Waals surface area contributed by atoms with Gasteiger partial charge in [-0.1, -0.05) is 30.7 Å². The Morgan fingerprint density at radius 3 is 2.16 bits per heavy atom. The second kappa shape index (κ2) is 10.1. The van der Waals surface area contributed by atoms with Crippen LogP contribution < -0.4 is 14.4 Å². The number of ether oxygens (including phenoxy) is 1. The van der Waals surface area contributed by atoms with Crippen molar-refractivity contribution < 1.29 is 26.4 Å². The number of nitrogens with one attached hydrogen (secondary N) is 1. The van der Waals surface area contributed by atoms with Gasteiger partial charge in [-0.15, -0.1) is 0 Å². The molecule has 176 valence electrons.